The summed E-state index contributed by atoms with van der Waals surface area (Å²) in [6, 6.07) is 15.7. The lowest BCUT2D eigenvalue weighted by Gasteiger charge is -2.06. The molecule has 0 spiro atoms. The smallest absolute Gasteiger partial charge is 0.165 e. The van der Waals surface area contributed by atoms with Crippen molar-refractivity contribution in [1.82, 2.24) is 9.78 Å². The number of carbonyl (C=O) groups excluding carboxylic acids is 1. The van der Waals surface area contributed by atoms with Gasteiger partial charge in [-0.2, -0.15) is 5.10 Å². The lowest BCUT2D eigenvalue weighted by Crippen LogP contribution is -2.01. The van der Waals surface area contributed by atoms with Gasteiger partial charge in [-0.25, -0.2) is 9.07 Å². The largest absolute Gasteiger partial charge is 0.484 e. The molecule has 0 fully saturated rings. The lowest BCUT2D eigenvalue weighted by molar-refractivity contribution is 0.112. The van der Waals surface area contributed by atoms with Crippen molar-refractivity contribution in [1.29, 1.82) is 0 Å². The van der Waals surface area contributed by atoms with Crippen LogP contribution in [0.2, 0.25) is 0 Å². The highest BCUT2D eigenvalue weighted by atomic mass is 19.1. The molecule has 0 aliphatic heterocycles. The Kier molecular flexibility index (Phi) is 4.19. The molecule has 0 saturated heterocycles. The van der Waals surface area contributed by atoms with Crippen molar-refractivity contribution >= 4 is 6.29 Å². The normalized spacial score (nSPS) is 10.5. The van der Waals surface area contributed by atoms with Crippen molar-refractivity contribution in [2.24, 2.45) is 0 Å². The van der Waals surface area contributed by atoms with Crippen LogP contribution in [0.3, 0.4) is 0 Å². The van der Waals surface area contributed by atoms with E-state index in [9.17, 15) is 9.18 Å². The molecule has 0 aliphatic rings. The van der Waals surface area contributed by atoms with E-state index in [1.807, 2.05) is 48.0 Å². The van der Waals surface area contributed by atoms with Gasteiger partial charge in [0.15, 0.2) is 11.6 Å². The maximum Gasteiger partial charge on any atom is 0.165 e. The number of halogens is 1. The molecule has 0 radical (unpaired) electrons. The minimum atomic E-state index is -0.561. The van der Waals surface area contributed by atoms with Crippen LogP contribution in [0.5, 0.6) is 5.75 Å². The van der Waals surface area contributed by atoms with Crippen LogP contribution in [-0.2, 0) is 6.61 Å². The zero-order chi connectivity index (χ0) is 16.2. The number of hydrogen-bond acceptors (Lipinski definition) is 3. The van der Waals surface area contributed by atoms with Crippen LogP contribution in [0, 0.1) is 12.7 Å². The summed E-state index contributed by atoms with van der Waals surface area (Å²) in [6.45, 7) is 2.10. The van der Waals surface area contributed by atoms with Gasteiger partial charge in [0.05, 0.1) is 5.69 Å². The summed E-state index contributed by atoms with van der Waals surface area (Å²) >= 11 is 0. The fraction of sp³-hybridized carbons (Fsp3) is 0.111. The van der Waals surface area contributed by atoms with Gasteiger partial charge in [0.1, 0.15) is 18.6 Å². The molecule has 23 heavy (non-hydrogen) atoms. The Morgan fingerprint density at radius 3 is 2.65 bits per heavy atom. The van der Waals surface area contributed by atoms with E-state index < -0.39 is 5.82 Å². The Morgan fingerprint density at radius 2 is 1.96 bits per heavy atom. The number of aromatic nitrogens is 2. The molecular formula is C18H15FN2O2. The van der Waals surface area contributed by atoms with Gasteiger partial charge >= 0.3 is 0 Å². The van der Waals surface area contributed by atoms with E-state index in [0.29, 0.717) is 12.0 Å². The summed E-state index contributed by atoms with van der Waals surface area (Å²) < 4.78 is 21.0. The molecule has 1 heterocycles. The number of ether oxygens (including phenoxy) is 1. The molecular weight excluding hydrogens is 295 g/mol. The van der Waals surface area contributed by atoms with E-state index in [4.69, 9.17) is 4.74 Å². The third-order valence-electron chi connectivity index (χ3n) is 3.41. The van der Waals surface area contributed by atoms with Gasteiger partial charge in [0, 0.05) is 11.3 Å². The number of rotatable bonds is 5. The first-order chi connectivity index (χ1) is 11.2. The summed E-state index contributed by atoms with van der Waals surface area (Å²) in [5.41, 5.74) is 2.90. The molecule has 0 atom stereocenters. The second kappa shape index (κ2) is 6.44. The molecule has 0 N–H and O–H groups in total. The molecule has 0 bridgehead atoms. The number of para-hydroxylation sites is 1. The number of carbonyl (C=O) groups is 1. The van der Waals surface area contributed by atoms with Gasteiger partial charge < -0.3 is 4.74 Å². The Balaban J connectivity index is 1.76. The van der Waals surface area contributed by atoms with Crippen LogP contribution >= 0.6 is 0 Å². The van der Waals surface area contributed by atoms with E-state index in [2.05, 4.69) is 5.10 Å². The molecule has 0 saturated carbocycles. The summed E-state index contributed by atoms with van der Waals surface area (Å²) in [7, 11) is 0. The van der Waals surface area contributed by atoms with Gasteiger partial charge in [0.2, 0.25) is 0 Å². The number of hydrogen-bond donors (Lipinski definition) is 0. The highest BCUT2D eigenvalue weighted by Crippen LogP contribution is 2.19. The fourth-order valence-corrected chi connectivity index (χ4v) is 2.30. The highest BCUT2D eigenvalue weighted by molar-refractivity contribution is 5.74. The van der Waals surface area contributed by atoms with Gasteiger partial charge in [-0.3, -0.25) is 4.79 Å². The van der Waals surface area contributed by atoms with Crippen LogP contribution in [0.15, 0.2) is 54.6 Å². The maximum atomic E-state index is 13.8. The van der Waals surface area contributed by atoms with E-state index in [1.54, 1.807) is 0 Å². The van der Waals surface area contributed by atoms with E-state index in [-0.39, 0.29) is 17.9 Å². The summed E-state index contributed by atoms with van der Waals surface area (Å²) in [5.74, 6) is -0.462. The minimum Gasteiger partial charge on any atom is -0.484 e. The molecule has 3 aromatic rings. The summed E-state index contributed by atoms with van der Waals surface area (Å²) in [5, 5.41) is 4.47. The predicted molar refractivity (Wildman–Crippen MR) is 84.4 cm³/mol. The Bertz CT molecular complexity index is 828. The molecule has 0 amide bonds. The average molecular weight is 310 g/mol. The average Bonchev–Trinajstić information content (AvgIpc) is 2.95. The highest BCUT2D eigenvalue weighted by Gasteiger charge is 2.09. The van der Waals surface area contributed by atoms with Crippen LogP contribution in [0.25, 0.3) is 5.69 Å². The second-order valence-corrected chi connectivity index (χ2v) is 5.12. The molecule has 4 nitrogen and oxygen atoms in total. The van der Waals surface area contributed by atoms with Gasteiger partial charge in [-0.1, -0.05) is 18.2 Å². The number of nitrogens with zero attached hydrogens (tertiary/aromatic N) is 2. The molecule has 3 rings (SSSR count). The Labute approximate surface area is 133 Å². The molecule has 0 unspecified atom stereocenters. The Hall–Kier alpha value is -2.95. The van der Waals surface area contributed by atoms with E-state index in [0.717, 1.165) is 17.4 Å². The predicted octanol–water partition coefficient (Wildman–Crippen LogP) is 3.71. The summed E-state index contributed by atoms with van der Waals surface area (Å²) in [6.07, 6.45) is 0.595. The number of aldehydes is 1. The van der Waals surface area contributed by atoms with Crippen LogP contribution in [-0.4, -0.2) is 16.1 Å². The first-order valence-electron chi connectivity index (χ1n) is 7.16. The first-order valence-corrected chi connectivity index (χ1v) is 7.16. The molecule has 5 heteroatoms. The van der Waals surface area contributed by atoms with Crippen molar-refractivity contribution in [2.75, 3.05) is 0 Å². The fourth-order valence-electron chi connectivity index (χ4n) is 2.30. The van der Waals surface area contributed by atoms with Crippen molar-refractivity contribution < 1.29 is 13.9 Å². The van der Waals surface area contributed by atoms with Crippen molar-refractivity contribution in [3.63, 3.8) is 0 Å². The zero-order valence-electron chi connectivity index (χ0n) is 12.6. The van der Waals surface area contributed by atoms with Crippen molar-refractivity contribution in [3.05, 3.63) is 77.4 Å². The topological polar surface area (TPSA) is 44.1 Å². The van der Waals surface area contributed by atoms with Crippen LogP contribution < -0.4 is 4.74 Å². The van der Waals surface area contributed by atoms with Gasteiger partial charge in [-0.05, 0) is 43.3 Å². The SMILES string of the molecule is Cc1cc(COc2ccc(C=O)cc2F)nn1-c1ccccc1. The summed E-state index contributed by atoms with van der Waals surface area (Å²) in [4.78, 5) is 10.6. The first kappa shape index (κ1) is 15.0. The Morgan fingerprint density at radius 1 is 1.17 bits per heavy atom. The minimum absolute atomic E-state index is 0.0996. The second-order valence-electron chi connectivity index (χ2n) is 5.12. The quantitative estimate of drug-likeness (QED) is 0.675. The third-order valence-corrected chi connectivity index (χ3v) is 3.41. The third kappa shape index (κ3) is 3.29. The van der Waals surface area contributed by atoms with Crippen LogP contribution in [0.1, 0.15) is 21.7 Å². The molecule has 1 aromatic heterocycles. The zero-order valence-corrected chi connectivity index (χ0v) is 12.6. The van der Waals surface area contributed by atoms with Gasteiger partial charge in [0.25, 0.3) is 0 Å². The monoisotopic (exact) mass is 310 g/mol. The standard InChI is InChI=1S/C18H15FN2O2/c1-13-9-15(20-21(13)16-5-3-2-4-6-16)12-23-18-8-7-14(11-22)10-17(18)19/h2-11H,12H2,1H3. The maximum absolute atomic E-state index is 13.8. The van der Waals surface area contributed by atoms with Crippen molar-refractivity contribution in [3.8, 4) is 11.4 Å². The van der Waals surface area contributed by atoms with E-state index >= 15 is 0 Å². The number of benzene rings is 2. The lowest BCUT2D eigenvalue weighted by atomic mass is 10.2. The van der Waals surface area contributed by atoms with Crippen LogP contribution in [0.4, 0.5) is 4.39 Å². The molecule has 116 valence electrons. The van der Waals surface area contributed by atoms with E-state index in [1.165, 1.54) is 12.1 Å². The van der Waals surface area contributed by atoms with Gasteiger partial charge in [-0.15, -0.1) is 0 Å². The molecule has 2 aromatic carbocycles. The van der Waals surface area contributed by atoms with Crippen molar-refractivity contribution in [2.45, 2.75) is 13.5 Å². The molecule has 0 aliphatic carbocycles. The number of aryl methyl sites for hydroxylation is 1.